The number of pyridine rings is 1. The number of hydrogen-bond donors (Lipinski definition) is 2. The van der Waals surface area contributed by atoms with Crippen LogP contribution in [0.3, 0.4) is 0 Å². The standard InChI is InChI=1S/C17H16FN3/c1-11-6-13(8-14(18)7-11)17(21-19)16-10-20-9-12-4-2-3-5-15(12)16/h2-10,17,21H,19H2,1H3. The number of fused-ring (bicyclic) bond motifs is 1. The predicted octanol–water partition coefficient (Wildman–Crippen LogP) is 3.24. The third-order valence-corrected chi connectivity index (χ3v) is 3.57. The van der Waals surface area contributed by atoms with Crippen molar-refractivity contribution in [1.29, 1.82) is 0 Å². The molecule has 0 aliphatic heterocycles. The van der Waals surface area contributed by atoms with Gasteiger partial charge in [0.1, 0.15) is 5.82 Å². The van der Waals surface area contributed by atoms with E-state index in [2.05, 4.69) is 10.4 Å². The predicted molar refractivity (Wildman–Crippen MR) is 82.0 cm³/mol. The van der Waals surface area contributed by atoms with E-state index >= 15 is 0 Å². The molecule has 3 nitrogen and oxygen atoms in total. The third-order valence-electron chi connectivity index (χ3n) is 3.57. The molecule has 3 N–H and O–H groups in total. The van der Waals surface area contributed by atoms with Gasteiger partial charge < -0.3 is 0 Å². The molecule has 1 atom stereocenters. The highest BCUT2D eigenvalue weighted by atomic mass is 19.1. The Balaban J connectivity index is 2.18. The number of nitrogens with zero attached hydrogens (tertiary/aromatic N) is 1. The van der Waals surface area contributed by atoms with Crippen molar-refractivity contribution >= 4 is 10.8 Å². The first-order valence-corrected chi connectivity index (χ1v) is 6.75. The highest BCUT2D eigenvalue weighted by Crippen LogP contribution is 2.28. The van der Waals surface area contributed by atoms with Crippen molar-refractivity contribution in [3.8, 4) is 0 Å². The van der Waals surface area contributed by atoms with E-state index in [1.54, 1.807) is 6.20 Å². The topological polar surface area (TPSA) is 50.9 Å². The van der Waals surface area contributed by atoms with Gasteiger partial charge in [-0.25, -0.2) is 9.82 Å². The first kappa shape index (κ1) is 13.7. The second kappa shape index (κ2) is 5.60. The Bertz CT molecular complexity index is 760. The summed E-state index contributed by atoms with van der Waals surface area (Å²) in [5.74, 6) is 5.46. The molecule has 0 saturated carbocycles. The molecule has 1 aromatic heterocycles. The molecular formula is C17H16FN3. The first-order valence-electron chi connectivity index (χ1n) is 6.75. The van der Waals surface area contributed by atoms with Crippen molar-refractivity contribution in [2.75, 3.05) is 0 Å². The molecule has 0 aliphatic rings. The van der Waals surface area contributed by atoms with Crippen molar-refractivity contribution in [3.05, 3.63) is 77.4 Å². The van der Waals surface area contributed by atoms with E-state index in [-0.39, 0.29) is 11.9 Å². The molecule has 4 heteroatoms. The van der Waals surface area contributed by atoms with E-state index in [1.807, 2.05) is 43.5 Å². The number of aryl methyl sites for hydroxylation is 1. The minimum atomic E-state index is -0.307. The maximum atomic E-state index is 13.7. The van der Waals surface area contributed by atoms with E-state index in [9.17, 15) is 4.39 Å². The van der Waals surface area contributed by atoms with Crippen LogP contribution >= 0.6 is 0 Å². The first-order chi connectivity index (χ1) is 10.2. The summed E-state index contributed by atoms with van der Waals surface area (Å²) in [7, 11) is 0. The normalized spacial score (nSPS) is 12.5. The molecule has 0 fully saturated rings. The summed E-state index contributed by atoms with van der Waals surface area (Å²) in [6.07, 6.45) is 3.58. The monoisotopic (exact) mass is 281 g/mol. The molecule has 2 aromatic carbocycles. The molecule has 0 radical (unpaired) electrons. The van der Waals surface area contributed by atoms with Gasteiger partial charge in [-0.3, -0.25) is 10.8 Å². The summed E-state index contributed by atoms with van der Waals surface area (Å²) in [6.45, 7) is 1.86. The van der Waals surface area contributed by atoms with E-state index in [4.69, 9.17) is 5.84 Å². The van der Waals surface area contributed by atoms with Crippen molar-refractivity contribution in [2.24, 2.45) is 5.84 Å². The van der Waals surface area contributed by atoms with Crippen molar-refractivity contribution in [3.63, 3.8) is 0 Å². The highest BCUT2D eigenvalue weighted by molar-refractivity contribution is 5.85. The minimum Gasteiger partial charge on any atom is -0.271 e. The molecule has 0 spiro atoms. The number of hydrogen-bond acceptors (Lipinski definition) is 3. The molecule has 0 amide bonds. The molecule has 21 heavy (non-hydrogen) atoms. The number of aromatic nitrogens is 1. The van der Waals surface area contributed by atoms with E-state index < -0.39 is 0 Å². The van der Waals surface area contributed by atoms with Gasteiger partial charge in [0.25, 0.3) is 0 Å². The molecule has 0 aliphatic carbocycles. The second-order valence-corrected chi connectivity index (χ2v) is 5.11. The van der Waals surface area contributed by atoms with Crippen molar-refractivity contribution < 1.29 is 4.39 Å². The fraction of sp³-hybridized carbons (Fsp3) is 0.118. The summed E-state index contributed by atoms with van der Waals surface area (Å²) in [6, 6.07) is 12.6. The highest BCUT2D eigenvalue weighted by Gasteiger charge is 2.16. The zero-order valence-electron chi connectivity index (χ0n) is 11.7. The molecule has 1 heterocycles. The SMILES string of the molecule is Cc1cc(F)cc(C(NN)c2cncc3ccccc23)c1. The quantitative estimate of drug-likeness (QED) is 0.572. The molecule has 3 rings (SSSR count). The Kier molecular flexibility index (Phi) is 3.64. The van der Waals surface area contributed by atoms with Gasteiger partial charge >= 0.3 is 0 Å². The van der Waals surface area contributed by atoms with Crippen LogP contribution in [0.15, 0.2) is 54.9 Å². The lowest BCUT2D eigenvalue weighted by Gasteiger charge is -2.19. The fourth-order valence-electron chi connectivity index (χ4n) is 2.67. The Morgan fingerprint density at radius 2 is 1.95 bits per heavy atom. The smallest absolute Gasteiger partial charge is 0.123 e. The zero-order chi connectivity index (χ0) is 14.8. The van der Waals surface area contributed by atoms with Crippen LogP contribution in [0.5, 0.6) is 0 Å². The number of halogens is 1. The number of hydrazine groups is 1. The van der Waals surface area contributed by atoms with E-state index in [1.165, 1.54) is 12.1 Å². The van der Waals surface area contributed by atoms with Gasteiger partial charge in [-0.05, 0) is 35.6 Å². The molecule has 0 bridgehead atoms. The van der Waals surface area contributed by atoms with Gasteiger partial charge in [0.05, 0.1) is 6.04 Å². The summed E-state index contributed by atoms with van der Waals surface area (Å²) >= 11 is 0. The Morgan fingerprint density at radius 3 is 2.71 bits per heavy atom. The maximum Gasteiger partial charge on any atom is 0.123 e. The summed E-state index contributed by atoms with van der Waals surface area (Å²) in [5, 5.41) is 2.08. The van der Waals surface area contributed by atoms with Gasteiger partial charge in [-0.2, -0.15) is 0 Å². The van der Waals surface area contributed by atoms with Crippen LogP contribution in [0.1, 0.15) is 22.7 Å². The maximum absolute atomic E-state index is 13.7. The number of benzene rings is 2. The van der Waals surface area contributed by atoms with Crippen LogP contribution in [0.25, 0.3) is 10.8 Å². The van der Waals surface area contributed by atoms with Gasteiger partial charge in [0.15, 0.2) is 0 Å². The van der Waals surface area contributed by atoms with Gasteiger partial charge in [-0.15, -0.1) is 0 Å². The van der Waals surface area contributed by atoms with Crippen LogP contribution in [0, 0.1) is 12.7 Å². The minimum absolute atomic E-state index is 0.265. The molecule has 1 unspecified atom stereocenters. The summed E-state index contributed by atoms with van der Waals surface area (Å²) in [4.78, 5) is 4.26. The zero-order valence-corrected chi connectivity index (χ0v) is 11.7. The summed E-state index contributed by atoms with van der Waals surface area (Å²) in [5.41, 5.74) is 5.35. The molecule has 3 aromatic rings. The second-order valence-electron chi connectivity index (χ2n) is 5.11. The average Bonchev–Trinajstić information content (AvgIpc) is 2.47. The number of nitrogens with one attached hydrogen (secondary N) is 1. The molecule has 106 valence electrons. The van der Waals surface area contributed by atoms with Crippen LogP contribution in [-0.4, -0.2) is 4.98 Å². The lowest BCUT2D eigenvalue weighted by atomic mass is 9.95. The van der Waals surface area contributed by atoms with Crippen LogP contribution in [0.2, 0.25) is 0 Å². The van der Waals surface area contributed by atoms with E-state index in [0.717, 1.165) is 27.5 Å². The molecule has 0 saturated heterocycles. The Morgan fingerprint density at radius 1 is 1.14 bits per heavy atom. The van der Waals surface area contributed by atoms with Gasteiger partial charge in [-0.1, -0.05) is 30.3 Å². The fourth-order valence-corrected chi connectivity index (χ4v) is 2.67. The van der Waals surface area contributed by atoms with Crippen LogP contribution < -0.4 is 11.3 Å². The number of nitrogens with two attached hydrogens (primary N) is 1. The Hall–Kier alpha value is -2.30. The van der Waals surface area contributed by atoms with E-state index in [0.29, 0.717) is 0 Å². The third kappa shape index (κ3) is 2.63. The van der Waals surface area contributed by atoms with Crippen LogP contribution in [-0.2, 0) is 0 Å². The largest absolute Gasteiger partial charge is 0.271 e. The van der Waals surface area contributed by atoms with Crippen LogP contribution in [0.4, 0.5) is 4.39 Å². The molecular weight excluding hydrogens is 265 g/mol. The number of rotatable bonds is 3. The van der Waals surface area contributed by atoms with Crippen molar-refractivity contribution in [2.45, 2.75) is 13.0 Å². The Labute approximate surface area is 122 Å². The van der Waals surface area contributed by atoms with Gasteiger partial charge in [0, 0.05) is 23.3 Å². The lowest BCUT2D eigenvalue weighted by Crippen LogP contribution is -2.29. The average molecular weight is 281 g/mol. The van der Waals surface area contributed by atoms with Crippen molar-refractivity contribution in [1.82, 2.24) is 10.4 Å². The van der Waals surface area contributed by atoms with Gasteiger partial charge in [0.2, 0.25) is 0 Å². The summed E-state index contributed by atoms with van der Waals surface area (Å²) < 4.78 is 13.7. The lowest BCUT2D eigenvalue weighted by molar-refractivity contribution is 0.604.